The molecule has 1 aliphatic carbocycles. The summed E-state index contributed by atoms with van der Waals surface area (Å²) < 4.78 is 7.00. The second kappa shape index (κ2) is 5.88. The second-order valence-electron chi connectivity index (χ2n) is 5.08. The van der Waals surface area contributed by atoms with Gasteiger partial charge >= 0.3 is 0 Å². The van der Waals surface area contributed by atoms with Gasteiger partial charge in [-0.25, -0.2) is 0 Å². The lowest BCUT2D eigenvalue weighted by molar-refractivity contribution is -0.115. The van der Waals surface area contributed by atoms with Gasteiger partial charge in [0.05, 0.1) is 5.25 Å². The van der Waals surface area contributed by atoms with E-state index in [1.54, 1.807) is 19.3 Å². The summed E-state index contributed by atoms with van der Waals surface area (Å²) in [5, 5.41) is 15.2. The third kappa shape index (κ3) is 3.26. The van der Waals surface area contributed by atoms with Crippen LogP contribution in [0.1, 0.15) is 38.0 Å². The highest BCUT2D eigenvalue weighted by atomic mass is 32.2. The predicted octanol–water partition coefficient (Wildman–Crippen LogP) is 2.42. The number of nitrogens with zero attached hydrogens (tertiary/aromatic N) is 4. The summed E-state index contributed by atoms with van der Waals surface area (Å²) in [7, 11) is 0. The minimum absolute atomic E-state index is 0.0962. The Labute approximate surface area is 126 Å². The van der Waals surface area contributed by atoms with Crippen molar-refractivity contribution >= 4 is 23.5 Å². The number of hydrogen-bond donors (Lipinski definition) is 1. The third-order valence-electron chi connectivity index (χ3n) is 3.27. The molecule has 112 valence electrons. The van der Waals surface area contributed by atoms with Crippen LogP contribution in [0.3, 0.4) is 0 Å². The minimum Gasteiger partial charge on any atom is -0.360 e. The molecule has 2 aromatic rings. The van der Waals surface area contributed by atoms with Crippen LogP contribution >= 0.6 is 11.8 Å². The molecule has 3 rings (SSSR count). The molecule has 0 aliphatic heterocycles. The number of anilines is 1. The fourth-order valence-electron chi connectivity index (χ4n) is 2.00. The SMILES string of the molecule is CCC(Sc1nncn1C1CC1)C(=O)Nc1cc(C)on1. The van der Waals surface area contributed by atoms with Crippen LogP contribution in [0.2, 0.25) is 0 Å². The molecule has 1 atom stereocenters. The maximum atomic E-state index is 12.3. The summed E-state index contributed by atoms with van der Waals surface area (Å²) in [6.07, 6.45) is 4.76. The van der Waals surface area contributed by atoms with Crippen molar-refractivity contribution in [2.45, 2.75) is 49.6 Å². The molecule has 1 N–H and O–H groups in total. The van der Waals surface area contributed by atoms with Gasteiger partial charge in [0.25, 0.3) is 0 Å². The summed E-state index contributed by atoms with van der Waals surface area (Å²) >= 11 is 1.44. The van der Waals surface area contributed by atoms with Crippen molar-refractivity contribution in [1.82, 2.24) is 19.9 Å². The zero-order valence-electron chi connectivity index (χ0n) is 11.9. The van der Waals surface area contributed by atoms with Gasteiger partial charge in [0.1, 0.15) is 12.1 Å². The van der Waals surface area contributed by atoms with E-state index in [2.05, 4.69) is 25.2 Å². The van der Waals surface area contributed by atoms with E-state index >= 15 is 0 Å². The molecule has 7 nitrogen and oxygen atoms in total. The van der Waals surface area contributed by atoms with Crippen LogP contribution < -0.4 is 5.32 Å². The molecule has 1 amide bonds. The maximum absolute atomic E-state index is 12.3. The molecular formula is C13H17N5O2S. The van der Waals surface area contributed by atoms with Crippen LogP contribution in [0.4, 0.5) is 5.82 Å². The van der Waals surface area contributed by atoms with E-state index in [1.807, 2.05) is 6.92 Å². The Kier molecular flexibility index (Phi) is 3.96. The number of carbonyl (C=O) groups excluding carboxylic acids is 1. The molecule has 8 heteroatoms. The molecule has 1 saturated carbocycles. The number of amides is 1. The van der Waals surface area contributed by atoms with Crippen molar-refractivity contribution in [2.24, 2.45) is 0 Å². The van der Waals surface area contributed by atoms with Gasteiger partial charge in [-0.3, -0.25) is 4.79 Å². The molecule has 0 spiro atoms. The standard InChI is InChI=1S/C13H17N5O2S/c1-3-10(12(19)15-11-6-8(2)20-17-11)21-13-16-14-7-18(13)9-4-5-9/h6-7,9-10H,3-5H2,1-2H3,(H,15,17,19). The van der Waals surface area contributed by atoms with Crippen molar-refractivity contribution in [3.05, 3.63) is 18.2 Å². The number of carbonyl (C=O) groups is 1. The van der Waals surface area contributed by atoms with Gasteiger partial charge in [-0.2, -0.15) is 0 Å². The highest BCUT2D eigenvalue weighted by molar-refractivity contribution is 8.00. The summed E-state index contributed by atoms with van der Waals surface area (Å²) in [6, 6.07) is 2.20. The Morgan fingerprint density at radius 3 is 3.05 bits per heavy atom. The largest absolute Gasteiger partial charge is 0.360 e. The fourth-order valence-corrected chi connectivity index (χ4v) is 3.00. The topological polar surface area (TPSA) is 85.8 Å². The Morgan fingerprint density at radius 1 is 1.62 bits per heavy atom. The van der Waals surface area contributed by atoms with Crippen LogP contribution in [0, 0.1) is 6.92 Å². The van der Waals surface area contributed by atoms with Crippen molar-refractivity contribution in [3.63, 3.8) is 0 Å². The zero-order chi connectivity index (χ0) is 14.8. The Balaban J connectivity index is 1.66. The van der Waals surface area contributed by atoms with Gasteiger partial charge in [0.2, 0.25) is 5.91 Å². The predicted molar refractivity (Wildman–Crippen MR) is 78.1 cm³/mol. The number of thioether (sulfide) groups is 1. The van der Waals surface area contributed by atoms with Crippen LogP contribution in [0.15, 0.2) is 22.1 Å². The van der Waals surface area contributed by atoms with Crippen LogP contribution in [-0.4, -0.2) is 31.1 Å². The Morgan fingerprint density at radius 2 is 2.43 bits per heavy atom. The Bertz CT molecular complexity index is 634. The second-order valence-corrected chi connectivity index (χ2v) is 6.25. The average Bonchev–Trinajstić information content (AvgIpc) is 3.07. The Hall–Kier alpha value is -1.83. The van der Waals surface area contributed by atoms with Crippen LogP contribution in [0.5, 0.6) is 0 Å². The van der Waals surface area contributed by atoms with Crippen molar-refractivity contribution in [1.29, 1.82) is 0 Å². The van der Waals surface area contributed by atoms with Gasteiger partial charge in [-0.15, -0.1) is 10.2 Å². The molecule has 1 aliphatic rings. The smallest absolute Gasteiger partial charge is 0.239 e. The highest BCUT2D eigenvalue weighted by Crippen LogP contribution is 2.38. The first kappa shape index (κ1) is 14.1. The summed E-state index contributed by atoms with van der Waals surface area (Å²) in [5.74, 6) is 1.01. The van der Waals surface area contributed by atoms with E-state index in [9.17, 15) is 4.79 Å². The first-order chi connectivity index (χ1) is 10.2. The molecular weight excluding hydrogens is 290 g/mol. The van der Waals surface area contributed by atoms with Crippen molar-refractivity contribution in [2.75, 3.05) is 5.32 Å². The van der Waals surface area contributed by atoms with Gasteiger partial charge < -0.3 is 14.4 Å². The quantitative estimate of drug-likeness (QED) is 0.825. The molecule has 2 heterocycles. The monoisotopic (exact) mass is 307 g/mol. The third-order valence-corrected chi connectivity index (χ3v) is 4.61. The molecule has 2 aromatic heterocycles. The van der Waals surface area contributed by atoms with Gasteiger partial charge in [-0.1, -0.05) is 23.8 Å². The first-order valence-corrected chi connectivity index (χ1v) is 7.85. The van der Waals surface area contributed by atoms with Crippen LogP contribution in [-0.2, 0) is 4.79 Å². The van der Waals surface area contributed by atoms with E-state index in [-0.39, 0.29) is 11.2 Å². The highest BCUT2D eigenvalue weighted by Gasteiger charge is 2.28. The van der Waals surface area contributed by atoms with Gasteiger partial charge in [0.15, 0.2) is 11.0 Å². The molecule has 0 aromatic carbocycles. The molecule has 21 heavy (non-hydrogen) atoms. The molecule has 0 bridgehead atoms. The maximum Gasteiger partial charge on any atom is 0.239 e. The number of rotatable bonds is 6. The molecule has 0 saturated heterocycles. The number of aryl methyl sites for hydroxylation is 1. The van der Waals surface area contributed by atoms with Crippen LogP contribution in [0.25, 0.3) is 0 Å². The van der Waals surface area contributed by atoms with E-state index in [4.69, 9.17) is 4.52 Å². The minimum atomic E-state index is -0.233. The number of hydrogen-bond acceptors (Lipinski definition) is 6. The van der Waals surface area contributed by atoms with Crippen molar-refractivity contribution in [3.8, 4) is 0 Å². The summed E-state index contributed by atoms with van der Waals surface area (Å²) in [6.45, 7) is 3.76. The zero-order valence-corrected chi connectivity index (χ0v) is 12.8. The summed E-state index contributed by atoms with van der Waals surface area (Å²) in [4.78, 5) is 12.3. The lowest BCUT2D eigenvalue weighted by Crippen LogP contribution is -2.25. The number of aromatic nitrogens is 4. The lowest BCUT2D eigenvalue weighted by atomic mass is 10.3. The summed E-state index contributed by atoms with van der Waals surface area (Å²) in [5.41, 5.74) is 0. The fraction of sp³-hybridized carbons (Fsp3) is 0.538. The first-order valence-electron chi connectivity index (χ1n) is 6.97. The molecule has 1 unspecified atom stereocenters. The van der Waals surface area contributed by atoms with E-state index in [0.29, 0.717) is 24.0 Å². The van der Waals surface area contributed by atoms with Gasteiger partial charge in [-0.05, 0) is 26.2 Å². The average molecular weight is 307 g/mol. The van der Waals surface area contributed by atoms with E-state index < -0.39 is 0 Å². The normalized spacial score (nSPS) is 15.9. The van der Waals surface area contributed by atoms with Gasteiger partial charge in [0, 0.05) is 12.1 Å². The van der Waals surface area contributed by atoms with Crippen molar-refractivity contribution < 1.29 is 9.32 Å². The molecule has 0 radical (unpaired) electrons. The van der Waals surface area contributed by atoms with E-state index in [1.165, 1.54) is 11.8 Å². The van der Waals surface area contributed by atoms with E-state index in [0.717, 1.165) is 18.0 Å². The number of nitrogens with one attached hydrogen (secondary N) is 1. The molecule has 1 fully saturated rings. The lowest BCUT2D eigenvalue weighted by Gasteiger charge is -2.13.